The van der Waals surface area contributed by atoms with Gasteiger partial charge in [0, 0.05) is 17.4 Å². The predicted molar refractivity (Wildman–Crippen MR) is 122 cm³/mol. The van der Waals surface area contributed by atoms with Gasteiger partial charge in [-0.3, -0.25) is 4.79 Å². The van der Waals surface area contributed by atoms with E-state index in [1.807, 2.05) is 26.2 Å². The quantitative estimate of drug-likeness (QED) is 0.418. The summed E-state index contributed by atoms with van der Waals surface area (Å²) in [6, 6.07) is 12.9. The molecule has 170 valence electrons. The van der Waals surface area contributed by atoms with Crippen molar-refractivity contribution >= 4 is 28.9 Å². The van der Waals surface area contributed by atoms with Gasteiger partial charge in [0.25, 0.3) is 0 Å². The lowest BCUT2D eigenvalue weighted by Crippen LogP contribution is -2.98. The van der Waals surface area contributed by atoms with Gasteiger partial charge in [0.15, 0.2) is 11.6 Å². The van der Waals surface area contributed by atoms with Crippen LogP contribution in [0.1, 0.15) is 5.56 Å². The molecular formula is C22H23F2N8O+. The van der Waals surface area contributed by atoms with Crippen molar-refractivity contribution in [3.05, 3.63) is 71.9 Å². The third-order valence-electron chi connectivity index (χ3n) is 4.90. The molecule has 9 nitrogen and oxygen atoms in total. The molecule has 6 N–H and O–H groups in total. The number of halogens is 2. The highest BCUT2D eigenvalue weighted by atomic mass is 19.2. The standard InChI is InChI=1S/C22H22F2N8O/c1-31(2)12-19(33)27-15-8-6-13(7-9-15)14-10-16(21(25)26-11-14)22-28-29-30-32(22)18-5-3-4-17(23)20(18)24/h3-11,29-30H,12H2,1-2H3,(H2,25,26)(H,27,33)/p+1. The molecule has 0 fully saturated rings. The van der Waals surface area contributed by atoms with Crippen LogP contribution in [0.2, 0.25) is 0 Å². The largest absolute Gasteiger partial charge is 0.383 e. The third kappa shape index (κ3) is 4.73. The van der Waals surface area contributed by atoms with Gasteiger partial charge >= 0.3 is 0 Å². The second-order valence-electron chi connectivity index (χ2n) is 7.66. The first-order valence-corrected chi connectivity index (χ1v) is 10.0. The number of quaternary nitrogens is 1. The highest BCUT2D eigenvalue weighted by molar-refractivity contribution is 6.11. The summed E-state index contributed by atoms with van der Waals surface area (Å²) in [5.74, 6) is -1.62. The molecule has 1 aliphatic heterocycles. The first kappa shape index (κ1) is 22.1. The number of nitrogen functional groups attached to an aromatic ring is 1. The molecule has 1 aliphatic rings. The smallest absolute Gasteiger partial charge is 0.238 e. The highest BCUT2D eigenvalue weighted by Gasteiger charge is 2.30. The van der Waals surface area contributed by atoms with Crippen LogP contribution in [0, 0.1) is 11.6 Å². The fraction of sp³-hybridized carbons (Fsp3) is 0.136. The lowest BCUT2D eigenvalue weighted by Gasteiger charge is -2.17. The Bertz CT molecular complexity index is 1210. The number of amides is 1. The highest BCUT2D eigenvalue weighted by Crippen LogP contribution is 2.27. The number of pyridine rings is 1. The summed E-state index contributed by atoms with van der Waals surface area (Å²) >= 11 is 0. The number of aromatic nitrogens is 1. The van der Waals surface area contributed by atoms with Gasteiger partial charge in [-0.15, -0.1) is 21.2 Å². The van der Waals surface area contributed by atoms with Crippen molar-refractivity contribution in [3.8, 4) is 11.1 Å². The van der Waals surface area contributed by atoms with E-state index in [1.165, 1.54) is 22.7 Å². The maximum absolute atomic E-state index is 14.4. The van der Waals surface area contributed by atoms with E-state index in [0.29, 0.717) is 11.3 Å². The fourth-order valence-electron chi connectivity index (χ4n) is 3.36. The molecule has 4 rings (SSSR count). The maximum atomic E-state index is 14.4. The Morgan fingerprint density at radius 2 is 1.94 bits per heavy atom. The van der Waals surface area contributed by atoms with Crippen LogP contribution in [0.25, 0.3) is 11.1 Å². The number of amidine groups is 1. The molecule has 0 bridgehead atoms. The molecule has 11 heteroatoms. The first-order chi connectivity index (χ1) is 15.8. The molecule has 0 aliphatic carbocycles. The van der Waals surface area contributed by atoms with Crippen molar-refractivity contribution in [2.24, 2.45) is 5.10 Å². The minimum atomic E-state index is -1.00. The van der Waals surface area contributed by atoms with Crippen LogP contribution >= 0.6 is 0 Å². The Labute approximate surface area is 188 Å². The summed E-state index contributed by atoms with van der Waals surface area (Å²) < 4.78 is 28.1. The lowest BCUT2D eigenvalue weighted by atomic mass is 10.0. The van der Waals surface area contributed by atoms with Gasteiger partial charge in [-0.05, 0) is 50.0 Å². The number of carbonyl (C=O) groups is 1. The Kier molecular flexibility index (Phi) is 6.16. The van der Waals surface area contributed by atoms with Gasteiger partial charge in [0.05, 0.1) is 12.1 Å². The number of benzene rings is 2. The van der Waals surface area contributed by atoms with Gasteiger partial charge in [0.1, 0.15) is 11.5 Å². The summed E-state index contributed by atoms with van der Waals surface area (Å²) in [4.78, 5) is 18.0. The van der Waals surface area contributed by atoms with Crippen molar-refractivity contribution in [2.75, 3.05) is 36.7 Å². The summed E-state index contributed by atoms with van der Waals surface area (Å²) in [6.07, 6.45) is 1.61. The van der Waals surface area contributed by atoms with E-state index >= 15 is 0 Å². The number of likely N-dealkylation sites (N-methyl/N-ethyl adjacent to an activating group) is 1. The number of nitrogens with zero attached hydrogens (tertiary/aromatic N) is 4. The Hall–Kier alpha value is -4.09. The third-order valence-corrected chi connectivity index (χ3v) is 4.90. The number of hydrogen-bond acceptors (Lipinski definition) is 7. The second-order valence-corrected chi connectivity index (χ2v) is 7.66. The van der Waals surface area contributed by atoms with Crippen molar-refractivity contribution in [1.82, 2.24) is 15.4 Å². The van der Waals surface area contributed by atoms with Gasteiger partial charge in [-0.25, -0.2) is 13.8 Å². The van der Waals surface area contributed by atoms with Gasteiger partial charge in [0.2, 0.25) is 11.7 Å². The molecule has 33 heavy (non-hydrogen) atoms. The van der Waals surface area contributed by atoms with Gasteiger partial charge in [-0.2, -0.15) is 0 Å². The minimum Gasteiger partial charge on any atom is -0.383 e. The average Bonchev–Trinajstić information content (AvgIpc) is 3.25. The normalized spacial score (nSPS) is 13.1. The zero-order chi connectivity index (χ0) is 23.5. The molecule has 0 saturated carbocycles. The van der Waals surface area contributed by atoms with Crippen LogP contribution in [-0.4, -0.2) is 42.3 Å². The predicted octanol–water partition coefficient (Wildman–Crippen LogP) is 1.27. The van der Waals surface area contributed by atoms with Gasteiger partial charge < -0.3 is 16.0 Å². The van der Waals surface area contributed by atoms with Crippen molar-refractivity contribution < 1.29 is 19.1 Å². The molecule has 2 heterocycles. The van der Waals surface area contributed by atoms with Crippen LogP contribution in [0.15, 0.2) is 59.8 Å². The molecule has 3 aromatic rings. The van der Waals surface area contributed by atoms with E-state index in [2.05, 4.69) is 20.9 Å². The first-order valence-electron chi connectivity index (χ1n) is 10.0. The molecule has 1 aromatic heterocycles. The Morgan fingerprint density at radius 3 is 2.67 bits per heavy atom. The Balaban J connectivity index is 1.61. The van der Waals surface area contributed by atoms with Crippen LogP contribution in [0.3, 0.4) is 0 Å². The number of hydrazone groups is 1. The van der Waals surface area contributed by atoms with Crippen LogP contribution < -0.4 is 27.1 Å². The number of nitrogens with one attached hydrogen (secondary N) is 2. The van der Waals surface area contributed by atoms with Crippen LogP contribution in [0.5, 0.6) is 0 Å². The number of anilines is 3. The van der Waals surface area contributed by atoms with E-state index in [4.69, 9.17) is 5.73 Å². The minimum absolute atomic E-state index is 0.0126. The maximum Gasteiger partial charge on any atom is 0.238 e. The SMILES string of the molecule is CN(C)CC(=O)Nc1ccc(-c2cnc(N)c(C3=NN[NH2+]N3c3cccc(F)c3F)c2)cc1. The van der Waals surface area contributed by atoms with Crippen molar-refractivity contribution in [2.45, 2.75) is 0 Å². The second kappa shape index (κ2) is 9.18. The number of hydrogen-bond donors (Lipinski definition) is 4. The molecule has 1 amide bonds. The number of rotatable bonds is 6. The summed E-state index contributed by atoms with van der Waals surface area (Å²) in [5.41, 5.74) is 12.8. The summed E-state index contributed by atoms with van der Waals surface area (Å²) in [5, 5.41) is 8.38. The topological polar surface area (TPSA) is 115 Å². The monoisotopic (exact) mass is 453 g/mol. The Morgan fingerprint density at radius 1 is 1.18 bits per heavy atom. The summed E-state index contributed by atoms with van der Waals surface area (Å²) in [6.45, 7) is 0.280. The van der Waals surface area contributed by atoms with Crippen molar-refractivity contribution in [3.63, 3.8) is 0 Å². The zero-order valence-electron chi connectivity index (χ0n) is 18.0. The average molecular weight is 453 g/mol. The molecule has 0 saturated heterocycles. The van der Waals surface area contributed by atoms with E-state index in [9.17, 15) is 13.6 Å². The van der Waals surface area contributed by atoms with E-state index in [0.717, 1.165) is 17.2 Å². The van der Waals surface area contributed by atoms with Crippen LogP contribution in [-0.2, 0) is 4.79 Å². The van der Waals surface area contributed by atoms with Crippen LogP contribution in [0.4, 0.5) is 26.0 Å². The molecule has 0 unspecified atom stereocenters. The van der Waals surface area contributed by atoms with Gasteiger partial charge in [-0.1, -0.05) is 18.2 Å². The molecule has 2 aromatic carbocycles. The van der Waals surface area contributed by atoms with E-state index in [-0.39, 0.29) is 29.8 Å². The molecule has 0 radical (unpaired) electrons. The number of nitrogens with two attached hydrogens (primary N) is 2. The lowest BCUT2D eigenvalue weighted by molar-refractivity contribution is -0.703. The number of carbonyl (C=O) groups excluding carboxylic acids is 1. The molecule has 0 spiro atoms. The fourth-order valence-corrected chi connectivity index (χ4v) is 3.36. The summed E-state index contributed by atoms with van der Waals surface area (Å²) in [7, 11) is 3.64. The molecular weight excluding hydrogens is 430 g/mol. The van der Waals surface area contributed by atoms with E-state index < -0.39 is 11.6 Å². The van der Waals surface area contributed by atoms with E-state index in [1.54, 1.807) is 29.3 Å². The zero-order valence-corrected chi connectivity index (χ0v) is 18.0. The molecule has 0 atom stereocenters. The van der Waals surface area contributed by atoms with Crippen molar-refractivity contribution in [1.29, 1.82) is 0 Å².